The van der Waals surface area contributed by atoms with Crippen LogP contribution in [0.15, 0.2) is 18.2 Å². The molecular formula is C15H22O. The van der Waals surface area contributed by atoms with Gasteiger partial charge < -0.3 is 4.74 Å². The summed E-state index contributed by atoms with van der Waals surface area (Å²) in [5.41, 5.74) is 4.24. The van der Waals surface area contributed by atoms with E-state index >= 15 is 0 Å². The van der Waals surface area contributed by atoms with Crippen LogP contribution < -0.4 is 0 Å². The molecule has 3 unspecified atom stereocenters. The summed E-state index contributed by atoms with van der Waals surface area (Å²) in [6.07, 6.45) is 3.33. The first-order chi connectivity index (χ1) is 7.61. The molecule has 0 N–H and O–H groups in total. The Balaban J connectivity index is 1.98. The Morgan fingerprint density at radius 3 is 2.62 bits per heavy atom. The maximum atomic E-state index is 5.66. The van der Waals surface area contributed by atoms with Crippen LogP contribution >= 0.6 is 0 Å². The SMILES string of the molecule is CCC1OC1C(C)Cc1ccc(C)cc1C. The van der Waals surface area contributed by atoms with Crippen molar-refractivity contribution in [3.63, 3.8) is 0 Å². The van der Waals surface area contributed by atoms with Crippen LogP contribution in [0.5, 0.6) is 0 Å². The summed E-state index contributed by atoms with van der Waals surface area (Å²) < 4.78 is 5.66. The van der Waals surface area contributed by atoms with Gasteiger partial charge in [0.05, 0.1) is 12.2 Å². The lowest BCUT2D eigenvalue weighted by Crippen LogP contribution is -2.10. The third-order valence-electron chi connectivity index (χ3n) is 3.62. The minimum Gasteiger partial charge on any atom is -0.369 e. The van der Waals surface area contributed by atoms with E-state index in [1.807, 2.05) is 0 Å². The average Bonchev–Trinajstić information content (AvgIpc) is 3.01. The van der Waals surface area contributed by atoms with Crippen LogP contribution in [-0.2, 0) is 11.2 Å². The highest BCUT2D eigenvalue weighted by Gasteiger charge is 2.41. The van der Waals surface area contributed by atoms with Crippen molar-refractivity contribution in [3.05, 3.63) is 34.9 Å². The van der Waals surface area contributed by atoms with Gasteiger partial charge in [0.2, 0.25) is 0 Å². The van der Waals surface area contributed by atoms with Gasteiger partial charge in [-0.1, -0.05) is 37.6 Å². The number of ether oxygens (including phenoxy) is 1. The molecule has 0 aliphatic carbocycles. The van der Waals surface area contributed by atoms with Crippen LogP contribution in [0.3, 0.4) is 0 Å². The molecule has 1 fully saturated rings. The quantitative estimate of drug-likeness (QED) is 0.703. The first-order valence-electron chi connectivity index (χ1n) is 6.33. The second-order valence-electron chi connectivity index (χ2n) is 5.16. The number of rotatable bonds is 4. The molecule has 1 heteroatoms. The Morgan fingerprint density at radius 2 is 2.06 bits per heavy atom. The summed E-state index contributed by atoms with van der Waals surface area (Å²) in [5.74, 6) is 0.645. The molecule has 1 aromatic rings. The molecule has 1 heterocycles. The molecule has 2 rings (SSSR count). The Bertz CT molecular complexity index is 370. The summed E-state index contributed by atoms with van der Waals surface area (Å²) in [6.45, 7) is 8.87. The molecule has 0 aromatic heterocycles. The third kappa shape index (κ3) is 2.46. The van der Waals surface area contributed by atoms with E-state index in [1.165, 1.54) is 16.7 Å². The van der Waals surface area contributed by atoms with Gasteiger partial charge in [-0.2, -0.15) is 0 Å². The summed E-state index contributed by atoms with van der Waals surface area (Å²) >= 11 is 0. The van der Waals surface area contributed by atoms with Crippen LogP contribution in [0.2, 0.25) is 0 Å². The number of aryl methyl sites for hydroxylation is 2. The van der Waals surface area contributed by atoms with Gasteiger partial charge in [0.1, 0.15) is 0 Å². The van der Waals surface area contributed by atoms with Crippen molar-refractivity contribution < 1.29 is 4.74 Å². The van der Waals surface area contributed by atoms with Crippen molar-refractivity contribution in [2.45, 2.75) is 52.7 Å². The monoisotopic (exact) mass is 218 g/mol. The molecule has 3 atom stereocenters. The molecule has 16 heavy (non-hydrogen) atoms. The lowest BCUT2D eigenvalue weighted by molar-refractivity contribution is 0.322. The van der Waals surface area contributed by atoms with Crippen molar-refractivity contribution in [2.75, 3.05) is 0 Å². The Kier molecular flexibility index (Phi) is 3.34. The first kappa shape index (κ1) is 11.7. The lowest BCUT2D eigenvalue weighted by atomic mass is 9.93. The average molecular weight is 218 g/mol. The van der Waals surface area contributed by atoms with Crippen LogP contribution in [0.25, 0.3) is 0 Å². The van der Waals surface area contributed by atoms with E-state index in [0.29, 0.717) is 18.1 Å². The zero-order valence-electron chi connectivity index (χ0n) is 10.8. The van der Waals surface area contributed by atoms with E-state index in [9.17, 15) is 0 Å². The fourth-order valence-electron chi connectivity index (χ4n) is 2.52. The van der Waals surface area contributed by atoms with E-state index < -0.39 is 0 Å². The zero-order chi connectivity index (χ0) is 11.7. The second-order valence-corrected chi connectivity index (χ2v) is 5.16. The van der Waals surface area contributed by atoms with Gasteiger partial charge in [-0.15, -0.1) is 0 Å². The third-order valence-corrected chi connectivity index (χ3v) is 3.62. The highest BCUT2D eigenvalue weighted by Crippen LogP contribution is 2.33. The first-order valence-corrected chi connectivity index (χ1v) is 6.33. The van der Waals surface area contributed by atoms with Gasteiger partial charge in [0, 0.05) is 0 Å². The van der Waals surface area contributed by atoms with E-state index in [-0.39, 0.29) is 0 Å². The molecule has 0 bridgehead atoms. The molecule has 0 spiro atoms. The molecule has 1 aliphatic heterocycles. The smallest absolute Gasteiger partial charge is 0.0870 e. The molecule has 1 aliphatic rings. The van der Waals surface area contributed by atoms with Crippen molar-refractivity contribution in [1.82, 2.24) is 0 Å². The number of epoxide rings is 1. The fraction of sp³-hybridized carbons (Fsp3) is 0.600. The largest absolute Gasteiger partial charge is 0.369 e. The topological polar surface area (TPSA) is 12.5 Å². The fourth-order valence-corrected chi connectivity index (χ4v) is 2.52. The summed E-state index contributed by atoms with van der Waals surface area (Å²) in [7, 11) is 0. The minimum absolute atomic E-state index is 0.505. The predicted molar refractivity (Wildman–Crippen MR) is 67.7 cm³/mol. The normalized spacial score (nSPS) is 25.5. The Morgan fingerprint density at radius 1 is 1.31 bits per heavy atom. The van der Waals surface area contributed by atoms with Crippen molar-refractivity contribution >= 4 is 0 Å². The number of benzene rings is 1. The van der Waals surface area contributed by atoms with Gasteiger partial charge in [0.25, 0.3) is 0 Å². The van der Waals surface area contributed by atoms with Gasteiger partial charge in [-0.25, -0.2) is 0 Å². The van der Waals surface area contributed by atoms with Gasteiger partial charge in [-0.3, -0.25) is 0 Å². The highest BCUT2D eigenvalue weighted by molar-refractivity contribution is 5.30. The maximum Gasteiger partial charge on any atom is 0.0870 e. The molecule has 0 amide bonds. The van der Waals surface area contributed by atoms with Crippen LogP contribution in [0.4, 0.5) is 0 Å². The molecule has 1 aromatic carbocycles. The lowest BCUT2D eigenvalue weighted by Gasteiger charge is -2.11. The van der Waals surface area contributed by atoms with Crippen LogP contribution in [0.1, 0.15) is 37.0 Å². The maximum absolute atomic E-state index is 5.66. The Hall–Kier alpha value is -0.820. The molecular weight excluding hydrogens is 196 g/mol. The van der Waals surface area contributed by atoms with Gasteiger partial charge in [0.15, 0.2) is 0 Å². The van der Waals surface area contributed by atoms with Crippen molar-refractivity contribution in [2.24, 2.45) is 5.92 Å². The van der Waals surface area contributed by atoms with Crippen LogP contribution in [-0.4, -0.2) is 12.2 Å². The number of hydrogen-bond donors (Lipinski definition) is 0. The van der Waals surface area contributed by atoms with E-state index in [1.54, 1.807) is 0 Å². The van der Waals surface area contributed by atoms with Crippen molar-refractivity contribution in [1.29, 1.82) is 0 Å². The summed E-state index contributed by atoms with van der Waals surface area (Å²) in [4.78, 5) is 0. The molecule has 88 valence electrons. The molecule has 0 radical (unpaired) electrons. The molecule has 0 saturated carbocycles. The van der Waals surface area contributed by atoms with E-state index in [2.05, 4.69) is 45.9 Å². The summed E-state index contributed by atoms with van der Waals surface area (Å²) in [5, 5.41) is 0. The Labute approximate surface area is 98.8 Å². The summed E-state index contributed by atoms with van der Waals surface area (Å²) in [6, 6.07) is 6.75. The molecule has 1 saturated heterocycles. The van der Waals surface area contributed by atoms with E-state index in [0.717, 1.165) is 12.8 Å². The zero-order valence-corrected chi connectivity index (χ0v) is 10.8. The van der Waals surface area contributed by atoms with Gasteiger partial charge >= 0.3 is 0 Å². The highest BCUT2D eigenvalue weighted by atomic mass is 16.6. The number of hydrogen-bond acceptors (Lipinski definition) is 1. The van der Waals surface area contributed by atoms with Crippen molar-refractivity contribution in [3.8, 4) is 0 Å². The predicted octanol–water partition coefficient (Wildman–Crippen LogP) is 3.66. The van der Waals surface area contributed by atoms with Crippen LogP contribution in [0, 0.1) is 19.8 Å². The minimum atomic E-state index is 0.505. The van der Waals surface area contributed by atoms with Gasteiger partial charge in [-0.05, 0) is 43.7 Å². The second kappa shape index (κ2) is 4.58. The van der Waals surface area contributed by atoms with E-state index in [4.69, 9.17) is 4.74 Å². The standard InChI is InChI=1S/C15H22O/c1-5-14-15(16-14)12(4)9-13-7-6-10(2)8-11(13)3/h6-8,12,14-15H,5,9H2,1-4H3. The molecule has 1 nitrogen and oxygen atoms in total.